The van der Waals surface area contributed by atoms with Gasteiger partial charge in [-0.1, -0.05) is 29.8 Å². The molecule has 0 atom stereocenters. The number of hydrogen-bond acceptors (Lipinski definition) is 1. The number of hydrogen-bond donors (Lipinski definition) is 1. The Bertz CT molecular complexity index is 615. The fourth-order valence-electron chi connectivity index (χ4n) is 2.84. The molecule has 1 aliphatic rings. The predicted molar refractivity (Wildman–Crippen MR) is 86.8 cm³/mol. The maximum absolute atomic E-state index is 6.05. The van der Waals surface area contributed by atoms with Crippen molar-refractivity contribution in [1.82, 2.24) is 0 Å². The van der Waals surface area contributed by atoms with Crippen LogP contribution >= 0.6 is 11.6 Å². The minimum Gasteiger partial charge on any atom is -0.382 e. The second-order valence-electron chi connectivity index (χ2n) is 5.86. The lowest BCUT2D eigenvalue weighted by atomic mass is 9.76. The van der Waals surface area contributed by atoms with Crippen LogP contribution in [0.3, 0.4) is 0 Å². The SMILES string of the molecule is Cc1ccc(NC2CC(c3cccc(Cl)c3)C2)cc1C. The van der Waals surface area contributed by atoms with E-state index in [0.29, 0.717) is 12.0 Å². The molecule has 2 aromatic carbocycles. The molecule has 0 unspecified atom stereocenters. The highest BCUT2D eigenvalue weighted by Gasteiger charge is 2.30. The largest absolute Gasteiger partial charge is 0.382 e. The number of benzene rings is 2. The molecule has 2 heteroatoms. The molecule has 0 heterocycles. The molecule has 0 saturated heterocycles. The minimum atomic E-state index is 0.584. The van der Waals surface area contributed by atoms with Crippen molar-refractivity contribution in [2.75, 3.05) is 5.32 Å². The highest BCUT2D eigenvalue weighted by molar-refractivity contribution is 6.30. The zero-order valence-corrected chi connectivity index (χ0v) is 12.7. The van der Waals surface area contributed by atoms with Crippen molar-refractivity contribution < 1.29 is 0 Å². The Morgan fingerprint density at radius 2 is 1.80 bits per heavy atom. The third-order valence-electron chi connectivity index (χ3n) is 4.34. The first-order chi connectivity index (χ1) is 9.61. The van der Waals surface area contributed by atoms with Crippen molar-refractivity contribution in [2.45, 2.75) is 38.6 Å². The zero-order valence-electron chi connectivity index (χ0n) is 12.0. The first kappa shape index (κ1) is 13.5. The van der Waals surface area contributed by atoms with E-state index in [0.717, 1.165) is 5.02 Å². The van der Waals surface area contributed by atoms with Crippen LogP contribution < -0.4 is 5.32 Å². The molecule has 1 nitrogen and oxygen atoms in total. The molecule has 3 rings (SSSR count). The second-order valence-corrected chi connectivity index (χ2v) is 6.30. The molecule has 0 amide bonds. The standard InChI is InChI=1S/C18H20ClN/c1-12-6-7-17(8-13(12)2)20-18-10-15(11-18)14-4-3-5-16(19)9-14/h3-9,15,18,20H,10-11H2,1-2H3. The van der Waals surface area contributed by atoms with Gasteiger partial charge in [0.2, 0.25) is 0 Å². The Morgan fingerprint density at radius 1 is 1.00 bits per heavy atom. The van der Waals surface area contributed by atoms with Gasteiger partial charge in [0.15, 0.2) is 0 Å². The van der Waals surface area contributed by atoms with Crippen LogP contribution in [0, 0.1) is 13.8 Å². The van der Waals surface area contributed by atoms with Crippen LogP contribution in [0.25, 0.3) is 0 Å². The van der Waals surface area contributed by atoms with Crippen LogP contribution in [0.4, 0.5) is 5.69 Å². The summed E-state index contributed by atoms with van der Waals surface area (Å²) in [6.07, 6.45) is 2.38. The van der Waals surface area contributed by atoms with Gasteiger partial charge in [-0.2, -0.15) is 0 Å². The van der Waals surface area contributed by atoms with E-state index in [2.05, 4.69) is 49.5 Å². The molecule has 2 aromatic rings. The van der Waals surface area contributed by atoms with Crippen LogP contribution in [0.1, 0.15) is 35.4 Å². The van der Waals surface area contributed by atoms with Crippen molar-refractivity contribution >= 4 is 17.3 Å². The highest BCUT2D eigenvalue weighted by atomic mass is 35.5. The van der Waals surface area contributed by atoms with E-state index >= 15 is 0 Å². The fourth-order valence-corrected chi connectivity index (χ4v) is 3.03. The van der Waals surface area contributed by atoms with Gasteiger partial charge in [0.05, 0.1) is 0 Å². The molecule has 0 aliphatic heterocycles. The first-order valence-electron chi connectivity index (χ1n) is 7.21. The number of rotatable bonds is 3. The normalized spacial score (nSPS) is 21.4. The van der Waals surface area contributed by atoms with Gasteiger partial charge in [0.25, 0.3) is 0 Å². The van der Waals surface area contributed by atoms with Crippen molar-refractivity contribution in [1.29, 1.82) is 0 Å². The Labute approximate surface area is 126 Å². The topological polar surface area (TPSA) is 12.0 Å². The van der Waals surface area contributed by atoms with Gasteiger partial charge in [-0.3, -0.25) is 0 Å². The molecule has 20 heavy (non-hydrogen) atoms. The molecule has 104 valence electrons. The summed E-state index contributed by atoms with van der Waals surface area (Å²) in [6, 6.07) is 15.4. The summed E-state index contributed by atoms with van der Waals surface area (Å²) in [6.45, 7) is 4.31. The van der Waals surface area contributed by atoms with Crippen molar-refractivity contribution in [3.05, 3.63) is 64.2 Å². The lowest BCUT2D eigenvalue weighted by Crippen LogP contribution is -2.34. The predicted octanol–water partition coefficient (Wildman–Crippen LogP) is 5.31. The molecule has 0 radical (unpaired) electrons. The Balaban J connectivity index is 1.59. The number of halogens is 1. The van der Waals surface area contributed by atoms with E-state index < -0.39 is 0 Å². The Morgan fingerprint density at radius 3 is 2.50 bits per heavy atom. The van der Waals surface area contributed by atoms with Crippen LogP contribution in [0.15, 0.2) is 42.5 Å². The van der Waals surface area contributed by atoms with E-state index in [1.54, 1.807) is 0 Å². The van der Waals surface area contributed by atoms with Gasteiger partial charge >= 0.3 is 0 Å². The van der Waals surface area contributed by atoms with Gasteiger partial charge in [-0.25, -0.2) is 0 Å². The summed E-state index contributed by atoms with van der Waals surface area (Å²) < 4.78 is 0. The van der Waals surface area contributed by atoms with E-state index in [9.17, 15) is 0 Å². The molecule has 0 bridgehead atoms. The first-order valence-corrected chi connectivity index (χ1v) is 7.59. The molecule has 0 spiro atoms. The van der Waals surface area contributed by atoms with Crippen molar-refractivity contribution in [3.8, 4) is 0 Å². The smallest absolute Gasteiger partial charge is 0.0408 e. The van der Waals surface area contributed by atoms with Gasteiger partial charge < -0.3 is 5.32 Å². The molecular formula is C18H20ClN. The van der Waals surface area contributed by atoms with Gasteiger partial charge in [-0.15, -0.1) is 0 Å². The van der Waals surface area contributed by atoms with Crippen molar-refractivity contribution in [3.63, 3.8) is 0 Å². The molecule has 1 saturated carbocycles. The average Bonchev–Trinajstić information content (AvgIpc) is 2.37. The summed E-state index contributed by atoms with van der Waals surface area (Å²) >= 11 is 6.05. The third-order valence-corrected chi connectivity index (χ3v) is 4.57. The van der Waals surface area contributed by atoms with E-state index in [4.69, 9.17) is 11.6 Å². The Kier molecular flexibility index (Phi) is 3.71. The minimum absolute atomic E-state index is 0.584. The summed E-state index contributed by atoms with van der Waals surface area (Å²) in [5.74, 6) is 0.651. The van der Waals surface area contributed by atoms with Crippen LogP contribution in [-0.2, 0) is 0 Å². The summed E-state index contributed by atoms with van der Waals surface area (Å²) in [5.41, 5.74) is 5.31. The molecule has 1 fully saturated rings. The van der Waals surface area contributed by atoms with E-state index in [-0.39, 0.29) is 0 Å². The van der Waals surface area contributed by atoms with Gasteiger partial charge in [0.1, 0.15) is 0 Å². The fraction of sp³-hybridized carbons (Fsp3) is 0.333. The summed E-state index contributed by atoms with van der Waals surface area (Å²) in [7, 11) is 0. The lowest BCUT2D eigenvalue weighted by Gasteiger charge is -2.37. The monoisotopic (exact) mass is 285 g/mol. The lowest BCUT2D eigenvalue weighted by molar-refractivity contribution is 0.374. The van der Waals surface area contributed by atoms with Crippen LogP contribution in [-0.4, -0.2) is 6.04 Å². The number of aryl methyl sites for hydroxylation is 2. The molecule has 0 aromatic heterocycles. The maximum Gasteiger partial charge on any atom is 0.0408 e. The summed E-state index contributed by atoms with van der Waals surface area (Å²) in [4.78, 5) is 0. The number of nitrogens with one attached hydrogen (secondary N) is 1. The zero-order chi connectivity index (χ0) is 14.1. The third kappa shape index (κ3) is 2.83. The van der Waals surface area contributed by atoms with Crippen LogP contribution in [0.5, 0.6) is 0 Å². The quantitative estimate of drug-likeness (QED) is 0.805. The highest BCUT2D eigenvalue weighted by Crippen LogP contribution is 2.39. The van der Waals surface area contributed by atoms with Crippen LogP contribution in [0.2, 0.25) is 5.02 Å². The average molecular weight is 286 g/mol. The molecular weight excluding hydrogens is 266 g/mol. The maximum atomic E-state index is 6.05. The van der Waals surface area contributed by atoms with E-state index in [1.807, 2.05) is 12.1 Å². The number of anilines is 1. The van der Waals surface area contributed by atoms with Gasteiger partial charge in [-0.05, 0) is 73.6 Å². The second kappa shape index (κ2) is 5.49. The van der Waals surface area contributed by atoms with E-state index in [1.165, 1.54) is 35.2 Å². The summed E-state index contributed by atoms with van der Waals surface area (Å²) in [5, 5.41) is 4.47. The molecule has 1 N–H and O–H groups in total. The van der Waals surface area contributed by atoms with Gasteiger partial charge in [0, 0.05) is 16.8 Å². The molecule has 1 aliphatic carbocycles. The van der Waals surface area contributed by atoms with Crippen molar-refractivity contribution in [2.24, 2.45) is 0 Å². The Hall–Kier alpha value is -1.47.